The van der Waals surface area contributed by atoms with Gasteiger partial charge in [0, 0.05) is 17.9 Å². The van der Waals surface area contributed by atoms with Gasteiger partial charge in [-0.05, 0) is 36.2 Å². The number of para-hydroxylation sites is 1. The maximum atomic E-state index is 13.0. The van der Waals surface area contributed by atoms with Crippen LogP contribution in [0.15, 0.2) is 47.6 Å². The third-order valence-electron chi connectivity index (χ3n) is 4.46. The largest absolute Gasteiger partial charge is 0.494 e. The summed E-state index contributed by atoms with van der Waals surface area (Å²) in [4.78, 5) is 0. The summed E-state index contributed by atoms with van der Waals surface area (Å²) >= 11 is 6.22. The van der Waals surface area contributed by atoms with E-state index in [0.717, 1.165) is 16.8 Å². The van der Waals surface area contributed by atoms with Gasteiger partial charge in [-0.2, -0.15) is 5.10 Å². The molecule has 2 aromatic carbocycles. The second kappa shape index (κ2) is 9.20. The number of hydrogen-bond acceptors (Lipinski definition) is 3. The molecule has 3 rings (SSSR count). The third kappa shape index (κ3) is 4.79. The van der Waals surface area contributed by atoms with E-state index in [0.29, 0.717) is 36.0 Å². The van der Waals surface area contributed by atoms with Crippen molar-refractivity contribution in [1.29, 1.82) is 5.41 Å². The molecule has 0 aromatic heterocycles. The zero-order chi connectivity index (χ0) is 18.7. The average molecular weight is 410 g/mol. The van der Waals surface area contributed by atoms with Crippen molar-refractivity contribution in [2.24, 2.45) is 11.0 Å². The summed E-state index contributed by atoms with van der Waals surface area (Å²) in [7, 11) is 1.59. The summed E-state index contributed by atoms with van der Waals surface area (Å²) in [5.41, 5.74) is 2.74. The molecule has 0 saturated heterocycles. The van der Waals surface area contributed by atoms with E-state index in [-0.39, 0.29) is 24.1 Å². The first-order valence-electron chi connectivity index (χ1n) is 8.50. The Hall–Kier alpha value is -2.11. The number of halogens is 3. The molecule has 1 heterocycles. The Labute approximate surface area is 169 Å². The van der Waals surface area contributed by atoms with Crippen LogP contribution in [0.4, 0.5) is 4.39 Å². The van der Waals surface area contributed by atoms with Crippen molar-refractivity contribution in [3.63, 3.8) is 0 Å². The lowest BCUT2D eigenvalue weighted by atomic mass is 9.98. The summed E-state index contributed by atoms with van der Waals surface area (Å²) in [6.07, 6.45) is 1.22. The summed E-state index contributed by atoms with van der Waals surface area (Å²) in [5.74, 6) is 0.965. The molecule has 0 amide bonds. The van der Waals surface area contributed by atoms with Gasteiger partial charge in [-0.15, -0.1) is 12.4 Å². The first-order chi connectivity index (χ1) is 12.5. The van der Waals surface area contributed by atoms with Gasteiger partial charge in [-0.1, -0.05) is 36.7 Å². The zero-order valence-electron chi connectivity index (χ0n) is 15.2. The Bertz CT molecular complexity index is 840. The van der Waals surface area contributed by atoms with Gasteiger partial charge in [0.05, 0.1) is 24.4 Å². The molecule has 1 atom stereocenters. The Morgan fingerprint density at radius 3 is 2.67 bits per heavy atom. The van der Waals surface area contributed by atoms with Crippen LogP contribution in [0.3, 0.4) is 0 Å². The van der Waals surface area contributed by atoms with Gasteiger partial charge in [0.15, 0.2) is 0 Å². The van der Waals surface area contributed by atoms with Crippen LogP contribution in [0.25, 0.3) is 0 Å². The summed E-state index contributed by atoms with van der Waals surface area (Å²) < 4.78 is 18.4. The molecule has 0 aliphatic carbocycles. The number of amidine groups is 1. The zero-order valence-corrected chi connectivity index (χ0v) is 16.8. The number of ether oxygens (including phenoxy) is 1. The highest BCUT2D eigenvalue weighted by atomic mass is 35.5. The van der Waals surface area contributed by atoms with E-state index in [4.69, 9.17) is 21.7 Å². The minimum atomic E-state index is -0.248. The molecule has 0 spiro atoms. The lowest BCUT2D eigenvalue weighted by Gasteiger charge is -2.15. The summed E-state index contributed by atoms with van der Waals surface area (Å²) in [6, 6.07) is 12.0. The first kappa shape index (κ1) is 21.2. The lowest BCUT2D eigenvalue weighted by molar-refractivity contribution is 0.414. The smallest absolute Gasteiger partial charge is 0.146 e. The van der Waals surface area contributed by atoms with Crippen molar-refractivity contribution in [3.05, 3.63) is 64.4 Å². The van der Waals surface area contributed by atoms with E-state index in [1.807, 2.05) is 12.1 Å². The highest BCUT2D eigenvalue weighted by Crippen LogP contribution is 2.32. The van der Waals surface area contributed by atoms with Gasteiger partial charge in [-0.25, -0.2) is 4.39 Å². The maximum absolute atomic E-state index is 13.0. The Morgan fingerprint density at radius 1 is 1.30 bits per heavy atom. The van der Waals surface area contributed by atoms with Crippen molar-refractivity contribution >= 4 is 35.6 Å². The molecule has 27 heavy (non-hydrogen) atoms. The topological polar surface area (TPSA) is 48.7 Å². The quantitative estimate of drug-likeness (QED) is 0.546. The van der Waals surface area contributed by atoms with Crippen LogP contribution in [0, 0.1) is 17.1 Å². The first-order valence-corrected chi connectivity index (χ1v) is 8.88. The van der Waals surface area contributed by atoms with Crippen molar-refractivity contribution in [1.82, 2.24) is 5.01 Å². The second-order valence-corrected chi connectivity index (χ2v) is 6.77. The molecule has 1 aliphatic heterocycles. The van der Waals surface area contributed by atoms with E-state index in [9.17, 15) is 4.39 Å². The molecular weight excluding hydrogens is 388 g/mol. The number of methoxy groups -OCH3 is 1. The fourth-order valence-corrected chi connectivity index (χ4v) is 3.32. The molecule has 0 radical (unpaired) electrons. The van der Waals surface area contributed by atoms with Crippen molar-refractivity contribution in [2.75, 3.05) is 13.7 Å². The molecule has 1 unspecified atom stereocenters. The van der Waals surface area contributed by atoms with Crippen LogP contribution >= 0.6 is 24.0 Å². The molecular formula is C20H22Cl2FN3O. The van der Waals surface area contributed by atoms with Gasteiger partial charge in [0.25, 0.3) is 0 Å². The molecule has 2 aromatic rings. The van der Waals surface area contributed by atoms with E-state index >= 15 is 0 Å². The van der Waals surface area contributed by atoms with E-state index < -0.39 is 0 Å². The fraction of sp³-hybridized carbons (Fsp3) is 0.300. The van der Waals surface area contributed by atoms with Gasteiger partial charge in [-0.3, -0.25) is 10.4 Å². The molecule has 4 nitrogen and oxygen atoms in total. The number of benzene rings is 2. The maximum Gasteiger partial charge on any atom is 0.146 e. The molecule has 1 aliphatic rings. The predicted octanol–water partition coefficient (Wildman–Crippen LogP) is 5.18. The number of nitrogens with one attached hydrogen (secondary N) is 1. The number of rotatable bonds is 5. The molecule has 0 saturated carbocycles. The molecule has 0 fully saturated rings. The average Bonchev–Trinajstić information content (AvgIpc) is 3.02. The van der Waals surface area contributed by atoms with E-state index in [1.54, 1.807) is 30.3 Å². The van der Waals surface area contributed by atoms with Gasteiger partial charge >= 0.3 is 0 Å². The predicted molar refractivity (Wildman–Crippen MR) is 110 cm³/mol. The monoisotopic (exact) mass is 409 g/mol. The third-order valence-corrected chi connectivity index (χ3v) is 4.76. The number of nitrogens with zero attached hydrogens (tertiary/aromatic N) is 2. The highest BCUT2D eigenvalue weighted by molar-refractivity contribution is 6.32. The number of hydrogen-bond donors (Lipinski definition) is 1. The number of hydrazone groups is 1. The Morgan fingerprint density at radius 2 is 2.00 bits per heavy atom. The van der Waals surface area contributed by atoms with Gasteiger partial charge in [0.2, 0.25) is 0 Å². The van der Waals surface area contributed by atoms with Crippen LogP contribution in [0.1, 0.15) is 24.5 Å². The number of aryl methyl sites for hydroxylation is 1. The normalized spacial score (nSPS) is 15.9. The minimum absolute atomic E-state index is 0. The molecule has 144 valence electrons. The molecule has 0 bridgehead atoms. The highest BCUT2D eigenvalue weighted by Gasteiger charge is 2.28. The van der Waals surface area contributed by atoms with E-state index in [1.165, 1.54) is 12.1 Å². The Balaban J connectivity index is 0.00000261. The minimum Gasteiger partial charge on any atom is -0.494 e. The van der Waals surface area contributed by atoms with Crippen LogP contribution < -0.4 is 4.74 Å². The van der Waals surface area contributed by atoms with Crippen LogP contribution in [-0.2, 0) is 6.42 Å². The van der Waals surface area contributed by atoms with Crippen molar-refractivity contribution < 1.29 is 9.13 Å². The summed E-state index contributed by atoms with van der Waals surface area (Å²) in [5, 5.41) is 15.3. The lowest BCUT2D eigenvalue weighted by Crippen LogP contribution is -2.25. The van der Waals surface area contributed by atoms with E-state index in [2.05, 4.69) is 12.0 Å². The van der Waals surface area contributed by atoms with Crippen LogP contribution in [-0.4, -0.2) is 30.2 Å². The van der Waals surface area contributed by atoms with Gasteiger partial charge < -0.3 is 4.74 Å². The SMILES string of the molecule is COc1c(Cl)cccc1C1=NN(C(=N)CCc2ccc(F)cc2)CC1C.Cl. The van der Waals surface area contributed by atoms with Crippen molar-refractivity contribution in [2.45, 2.75) is 19.8 Å². The molecule has 7 heteroatoms. The van der Waals surface area contributed by atoms with Crippen LogP contribution in [0.5, 0.6) is 5.75 Å². The molecule has 1 N–H and O–H groups in total. The van der Waals surface area contributed by atoms with Crippen LogP contribution in [0.2, 0.25) is 5.02 Å². The fourth-order valence-electron chi connectivity index (χ4n) is 3.07. The van der Waals surface area contributed by atoms with Crippen molar-refractivity contribution in [3.8, 4) is 5.75 Å². The second-order valence-electron chi connectivity index (χ2n) is 6.36. The van der Waals surface area contributed by atoms with Gasteiger partial charge in [0.1, 0.15) is 17.4 Å². The summed E-state index contributed by atoms with van der Waals surface area (Å²) in [6.45, 7) is 2.72. The Kier molecular flexibility index (Phi) is 7.22. The standard InChI is InChI=1S/C20H21ClFN3O.ClH/c1-13-12-25(18(23)11-8-14-6-9-15(22)10-7-14)24-19(13)16-4-3-5-17(21)20(16)26-2;/h3-7,9-10,13,23H,8,11-12H2,1-2H3;1H.